The Morgan fingerprint density at radius 2 is 2.06 bits per heavy atom. The third-order valence-electron chi connectivity index (χ3n) is 2.58. The van der Waals surface area contributed by atoms with E-state index in [1.807, 2.05) is 13.0 Å². The van der Waals surface area contributed by atoms with E-state index >= 15 is 0 Å². The van der Waals surface area contributed by atoms with Gasteiger partial charge in [0.15, 0.2) is 0 Å². The van der Waals surface area contributed by atoms with Crippen LogP contribution in [0.1, 0.15) is 25.4 Å². The van der Waals surface area contributed by atoms with E-state index in [-0.39, 0.29) is 0 Å². The minimum atomic E-state index is 0.570. The van der Waals surface area contributed by atoms with Crippen LogP contribution < -0.4 is 5.32 Å². The highest BCUT2D eigenvalue weighted by Crippen LogP contribution is 2.06. The molecule has 1 N–H and O–H groups in total. The molecule has 3 nitrogen and oxygen atoms in total. The van der Waals surface area contributed by atoms with E-state index in [4.69, 9.17) is 4.42 Å². The largest absolute Gasteiger partial charge is 0.466 e. The fourth-order valence-electron chi connectivity index (χ4n) is 1.58. The number of likely N-dealkylation sites (N-methyl/N-ethyl adjacent to an activating group) is 1. The van der Waals surface area contributed by atoms with Crippen LogP contribution in [0.15, 0.2) is 16.5 Å². The van der Waals surface area contributed by atoms with Gasteiger partial charge >= 0.3 is 0 Å². The molecule has 0 aromatic carbocycles. The first kappa shape index (κ1) is 13.3. The van der Waals surface area contributed by atoms with E-state index < -0.39 is 0 Å². The van der Waals surface area contributed by atoms with Crippen LogP contribution in [0.2, 0.25) is 0 Å². The molecule has 16 heavy (non-hydrogen) atoms. The number of furan rings is 1. The number of nitrogens with one attached hydrogen (secondary N) is 1. The Bertz CT molecular complexity index is 294. The van der Waals surface area contributed by atoms with E-state index in [9.17, 15) is 0 Å². The summed E-state index contributed by atoms with van der Waals surface area (Å²) >= 11 is 0. The topological polar surface area (TPSA) is 28.4 Å². The minimum Gasteiger partial charge on any atom is -0.466 e. The van der Waals surface area contributed by atoms with Gasteiger partial charge in [-0.1, -0.05) is 13.8 Å². The Balaban J connectivity index is 2.12. The molecule has 0 unspecified atom stereocenters. The van der Waals surface area contributed by atoms with Crippen molar-refractivity contribution in [3.63, 3.8) is 0 Å². The van der Waals surface area contributed by atoms with Gasteiger partial charge in [-0.3, -0.25) is 0 Å². The molecule has 0 aliphatic heterocycles. The molecule has 0 atom stereocenters. The van der Waals surface area contributed by atoms with Gasteiger partial charge in [0.25, 0.3) is 0 Å². The number of aryl methyl sites for hydroxylation is 1. The third-order valence-corrected chi connectivity index (χ3v) is 2.58. The van der Waals surface area contributed by atoms with E-state index in [0.29, 0.717) is 6.04 Å². The lowest BCUT2D eigenvalue weighted by Crippen LogP contribution is -2.33. The fraction of sp³-hybridized carbons (Fsp3) is 0.692. The second-order valence-corrected chi connectivity index (χ2v) is 4.67. The fourth-order valence-corrected chi connectivity index (χ4v) is 1.58. The summed E-state index contributed by atoms with van der Waals surface area (Å²) in [6.07, 6.45) is 0.992. The quantitative estimate of drug-likeness (QED) is 0.768. The maximum Gasteiger partial charge on any atom is 0.105 e. The summed E-state index contributed by atoms with van der Waals surface area (Å²) in [6.45, 7) is 9.51. The average Bonchev–Trinajstić information content (AvgIpc) is 2.61. The van der Waals surface area contributed by atoms with Crippen LogP contribution in [0.5, 0.6) is 0 Å². The summed E-state index contributed by atoms with van der Waals surface area (Å²) in [4.78, 5) is 2.33. The highest BCUT2D eigenvalue weighted by molar-refractivity contribution is 5.05. The summed E-state index contributed by atoms with van der Waals surface area (Å²) in [5.41, 5.74) is 0. The smallest absolute Gasteiger partial charge is 0.105 e. The van der Waals surface area contributed by atoms with Crippen LogP contribution in [0.3, 0.4) is 0 Å². The molecule has 0 saturated carbocycles. The van der Waals surface area contributed by atoms with Crippen molar-refractivity contribution in [2.75, 3.05) is 26.7 Å². The van der Waals surface area contributed by atoms with Crippen LogP contribution >= 0.6 is 0 Å². The summed E-state index contributed by atoms with van der Waals surface area (Å²) in [7, 11) is 2.15. The Morgan fingerprint density at radius 1 is 1.31 bits per heavy atom. The zero-order chi connectivity index (χ0) is 12.0. The van der Waals surface area contributed by atoms with Crippen LogP contribution in [-0.2, 0) is 6.42 Å². The monoisotopic (exact) mass is 224 g/mol. The highest BCUT2D eigenvalue weighted by Gasteiger charge is 2.02. The minimum absolute atomic E-state index is 0.570. The Kier molecular flexibility index (Phi) is 5.56. The molecule has 1 aromatic rings. The number of hydrogen-bond acceptors (Lipinski definition) is 3. The van der Waals surface area contributed by atoms with E-state index in [0.717, 1.165) is 37.6 Å². The Labute approximate surface area is 98.8 Å². The van der Waals surface area contributed by atoms with Gasteiger partial charge in [-0.25, -0.2) is 0 Å². The summed E-state index contributed by atoms with van der Waals surface area (Å²) in [5, 5.41) is 3.41. The molecular formula is C13H24N2O. The van der Waals surface area contributed by atoms with Crippen molar-refractivity contribution in [3.8, 4) is 0 Å². The van der Waals surface area contributed by atoms with Crippen LogP contribution in [-0.4, -0.2) is 37.6 Å². The van der Waals surface area contributed by atoms with Gasteiger partial charge in [0, 0.05) is 32.1 Å². The molecule has 0 bridgehead atoms. The van der Waals surface area contributed by atoms with E-state index in [1.165, 1.54) is 0 Å². The molecule has 1 rings (SSSR count). The lowest BCUT2D eigenvalue weighted by atomic mass is 10.3. The van der Waals surface area contributed by atoms with Gasteiger partial charge in [0.2, 0.25) is 0 Å². The summed E-state index contributed by atoms with van der Waals surface area (Å²) in [6, 6.07) is 4.66. The molecule has 0 fully saturated rings. The van der Waals surface area contributed by atoms with Crippen LogP contribution in [0.25, 0.3) is 0 Å². The predicted molar refractivity (Wildman–Crippen MR) is 67.8 cm³/mol. The molecule has 0 aliphatic carbocycles. The maximum absolute atomic E-state index is 5.53. The third kappa shape index (κ3) is 5.33. The van der Waals surface area contributed by atoms with Gasteiger partial charge in [0.1, 0.15) is 11.5 Å². The highest BCUT2D eigenvalue weighted by atomic mass is 16.3. The Morgan fingerprint density at radius 3 is 2.62 bits per heavy atom. The molecule has 0 spiro atoms. The van der Waals surface area contributed by atoms with Crippen molar-refractivity contribution < 1.29 is 4.42 Å². The molecule has 0 amide bonds. The van der Waals surface area contributed by atoms with Gasteiger partial charge in [-0.15, -0.1) is 0 Å². The molecule has 92 valence electrons. The maximum atomic E-state index is 5.53. The van der Waals surface area contributed by atoms with E-state index in [1.54, 1.807) is 0 Å². The lowest BCUT2D eigenvalue weighted by molar-refractivity contribution is 0.319. The van der Waals surface area contributed by atoms with Gasteiger partial charge < -0.3 is 14.6 Å². The van der Waals surface area contributed by atoms with Crippen molar-refractivity contribution in [2.45, 2.75) is 33.2 Å². The first-order chi connectivity index (χ1) is 7.58. The second-order valence-electron chi connectivity index (χ2n) is 4.67. The molecule has 1 heterocycles. The van der Waals surface area contributed by atoms with Crippen molar-refractivity contribution in [1.82, 2.24) is 10.2 Å². The van der Waals surface area contributed by atoms with Crippen LogP contribution in [0.4, 0.5) is 0 Å². The Hall–Kier alpha value is -0.800. The number of nitrogens with zero attached hydrogens (tertiary/aromatic N) is 1. The zero-order valence-electron chi connectivity index (χ0n) is 10.9. The molecule has 0 saturated heterocycles. The summed E-state index contributed by atoms with van der Waals surface area (Å²) < 4.78 is 5.53. The van der Waals surface area contributed by atoms with Gasteiger partial charge in [-0.2, -0.15) is 0 Å². The van der Waals surface area contributed by atoms with Crippen LogP contribution in [0, 0.1) is 6.92 Å². The van der Waals surface area contributed by atoms with Crippen molar-refractivity contribution in [3.05, 3.63) is 23.7 Å². The standard InChI is InChI=1S/C13H24N2O/c1-11(2)14-8-10-15(4)9-7-13-6-5-12(3)16-13/h5-6,11,14H,7-10H2,1-4H3. The number of rotatable bonds is 7. The van der Waals surface area contributed by atoms with Crippen molar-refractivity contribution in [2.24, 2.45) is 0 Å². The molecule has 1 aromatic heterocycles. The number of hydrogen-bond donors (Lipinski definition) is 1. The first-order valence-electron chi connectivity index (χ1n) is 6.05. The second kappa shape index (κ2) is 6.71. The molecule has 3 heteroatoms. The summed E-state index contributed by atoms with van der Waals surface area (Å²) in [5.74, 6) is 2.08. The van der Waals surface area contributed by atoms with E-state index in [2.05, 4.69) is 37.2 Å². The predicted octanol–water partition coefficient (Wildman–Crippen LogP) is 2.06. The average molecular weight is 224 g/mol. The molecule has 0 radical (unpaired) electrons. The SMILES string of the molecule is Cc1ccc(CCN(C)CCNC(C)C)o1. The van der Waals surface area contributed by atoms with Crippen molar-refractivity contribution >= 4 is 0 Å². The zero-order valence-corrected chi connectivity index (χ0v) is 10.9. The lowest BCUT2D eigenvalue weighted by Gasteiger charge is -2.17. The first-order valence-corrected chi connectivity index (χ1v) is 6.05. The van der Waals surface area contributed by atoms with Gasteiger partial charge in [-0.05, 0) is 26.1 Å². The van der Waals surface area contributed by atoms with Crippen molar-refractivity contribution in [1.29, 1.82) is 0 Å². The normalized spacial score (nSPS) is 11.6. The van der Waals surface area contributed by atoms with Gasteiger partial charge in [0.05, 0.1) is 0 Å². The molecular weight excluding hydrogens is 200 g/mol. The molecule has 0 aliphatic rings.